The van der Waals surface area contributed by atoms with Gasteiger partial charge in [-0.15, -0.1) is 0 Å². The van der Waals surface area contributed by atoms with Crippen LogP contribution in [0.15, 0.2) is 42.5 Å². The molecule has 0 saturated carbocycles. The van der Waals surface area contributed by atoms with Gasteiger partial charge in [0, 0.05) is 0 Å². The molecule has 3 aromatic rings. The number of hydrogen-bond acceptors (Lipinski definition) is 6. The summed E-state index contributed by atoms with van der Waals surface area (Å²) >= 11 is 0. The van der Waals surface area contributed by atoms with Gasteiger partial charge in [0.05, 0.1) is 11.0 Å². The number of aromatic nitrogens is 2. The molecule has 9 heteroatoms. The third kappa shape index (κ3) is 4.45. The maximum absolute atomic E-state index is 12.2. The van der Waals surface area contributed by atoms with Crippen molar-refractivity contribution in [2.75, 3.05) is 6.61 Å². The zero-order valence-corrected chi connectivity index (χ0v) is 16.9. The zero-order chi connectivity index (χ0) is 21.8. The van der Waals surface area contributed by atoms with Crippen LogP contribution in [-0.4, -0.2) is 33.2 Å². The molecule has 3 rings (SSSR count). The summed E-state index contributed by atoms with van der Waals surface area (Å²) in [5.41, 5.74) is 1.29. The molecule has 1 atom stereocenters. The minimum Gasteiger partial charge on any atom is -0.454 e. The Hall–Kier alpha value is -3.75. The molecule has 0 radical (unpaired) electrons. The van der Waals surface area contributed by atoms with Gasteiger partial charge in [0.2, 0.25) is 0 Å². The molecule has 0 aliphatic carbocycles. The summed E-state index contributed by atoms with van der Waals surface area (Å²) < 4.78 is 6.22. The van der Waals surface area contributed by atoms with Crippen LogP contribution in [0.2, 0.25) is 0 Å². The van der Waals surface area contributed by atoms with Crippen molar-refractivity contribution in [1.29, 1.82) is 0 Å². The van der Waals surface area contributed by atoms with Crippen molar-refractivity contribution in [1.82, 2.24) is 15.1 Å². The Bertz CT molecular complexity index is 1120. The molecular weight excluding hydrogens is 388 g/mol. The number of fused-ring (bicyclic) bond motifs is 1. The first kappa shape index (κ1) is 21.0. The lowest BCUT2D eigenvalue weighted by Crippen LogP contribution is -2.31. The molecule has 0 aliphatic heterocycles. The molecule has 1 aromatic heterocycles. The minimum absolute atomic E-state index is 0.135. The maximum atomic E-state index is 12.2. The Balaban J connectivity index is 1.57. The van der Waals surface area contributed by atoms with Crippen molar-refractivity contribution in [3.63, 3.8) is 0 Å². The first-order valence-corrected chi connectivity index (χ1v) is 9.39. The molecule has 0 unspecified atom stereocenters. The Kier molecular flexibility index (Phi) is 6.10. The van der Waals surface area contributed by atoms with Crippen LogP contribution >= 0.6 is 0 Å². The summed E-state index contributed by atoms with van der Waals surface area (Å²) in [7, 11) is 0. The number of ether oxygens (including phenoxy) is 1. The molecule has 9 nitrogen and oxygen atoms in total. The number of hydrogen-bond donors (Lipinski definition) is 1. The van der Waals surface area contributed by atoms with Crippen molar-refractivity contribution >= 4 is 28.3 Å². The van der Waals surface area contributed by atoms with Crippen LogP contribution < -0.4 is 5.32 Å². The molecule has 0 aliphatic rings. The summed E-state index contributed by atoms with van der Waals surface area (Å²) in [6, 6.07) is 13.5. The number of benzene rings is 2. The Labute approximate surface area is 172 Å². The summed E-state index contributed by atoms with van der Waals surface area (Å²) in [4.78, 5) is 34.8. The third-order valence-corrected chi connectivity index (χ3v) is 4.84. The number of nitrogens with one attached hydrogen (secondary N) is 1. The number of aryl methyl sites for hydroxylation is 1. The first-order valence-electron chi connectivity index (χ1n) is 9.39. The predicted molar refractivity (Wildman–Crippen MR) is 110 cm³/mol. The van der Waals surface area contributed by atoms with Crippen LogP contribution in [0.1, 0.15) is 29.9 Å². The fourth-order valence-corrected chi connectivity index (χ4v) is 3.41. The van der Waals surface area contributed by atoms with Gasteiger partial charge in [-0.25, -0.2) is 0 Å². The lowest BCUT2D eigenvalue weighted by Gasteiger charge is -2.16. The van der Waals surface area contributed by atoms with Crippen molar-refractivity contribution in [3.8, 4) is 0 Å². The molecule has 1 heterocycles. The minimum atomic E-state index is -0.705. The number of rotatable bonds is 7. The zero-order valence-electron chi connectivity index (χ0n) is 16.9. The van der Waals surface area contributed by atoms with E-state index in [2.05, 4.69) is 10.4 Å². The molecule has 0 saturated heterocycles. The lowest BCUT2D eigenvalue weighted by atomic mass is 10.00. The van der Waals surface area contributed by atoms with Gasteiger partial charge in [-0.3, -0.25) is 24.4 Å². The fourth-order valence-electron chi connectivity index (χ4n) is 3.41. The Morgan fingerprint density at radius 2 is 1.90 bits per heavy atom. The molecule has 30 heavy (non-hydrogen) atoms. The second-order valence-electron chi connectivity index (χ2n) is 6.95. The van der Waals surface area contributed by atoms with Crippen LogP contribution in [0.25, 0.3) is 10.8 Å². The van der Waals surface area contributed by atoms with E-state index >= 15 is 0 Å². The van der Waals surface area contributed by atoms with Crippen LogP contribution in [0.5, 0.6) is 0 Å². The summed E-state index contributed by atoms with van der Waals surface area (Å²) in [5, 5.41) is 20.0. The van der Waals surface area contributed by atoms with Gasteiger partial charge in [0.15, 0.2) is 6.61 Å². The maximum Gasteiger partial charge on any atom is 0.328 e. The number of carbonyl (C=O) groups is 2. The predicted octanol–water partition coefficient (Wildman–Crippen LogP) is 2.98. The number of nitrogens with zero attached hydrogens (tertiary/aromatic N) is 3. The summed E-state index contributed by atoms with van der Waals surface area (Å²) in [6.45, 7) is 4.09. The average Bonchev–Trinajstić information content (AvgIpc) is 2.98. The first-order chi connectivity index (χ1) is 14.3. The highest BCUT2D eigenvalue weighted by molar-refractivity contribution is 5.87. The molecule has 1 N–H and O–H groups in total. The average molecular weight is 410 g/mol. The van der Waals surface area contributed by atoms with E-state index in [4.69, 9.17) is 4.74 Å². The van der Waals surface area contributed by atoms with Crippen molar-refractivity contribution in [3.05, 3.63) is 69.5 Å². The SMILES string of the molecule is Cc1nn(CC(=O)OCC(=O)N[C@@H](C)c2cccc3ccccc23)c(C)c1[N+](=O)[O-]. The highest BCUT2D eigenvalue weighted by atomic mass is 16.6. The van der Waals surface area contributed by atoms with E-state index in [0.29, 0.717) is 0 Å². The van der Waals surface area contributed by atoms with Crippen molar-refractivity contribution in [2.24, 2.45) is 0 Å². The van der Waals surface area contributed by atoms with Crippen LogP contribution in [-0.2, 0) is 20.9 Å². The van der Waals surface area contributed by atoms with Gasteiger partial charge in [0.25, 0.3) is 5.91 Å². The van der Waals surface area contributed by atoms with Crippen LogP contribution in [0.3, 0.4) is 0 Å². The largest absolute Gasteiger partial charge is 0.454 e. The molecule has 1 amide bonds. The van der Waals surface area contributed by atoms with E-state index < -0.39 is 23.4 Å². The Morgan fingerprint density at radius 1 is 1.20 bits per heavy atom. The van der Waals surface area contributed by atoms with E-state index in [1.807, 2.05) is 49.4 Å². The number of amides is 1. The molecule has 0 spiro atoms. The van der Waals surface area contributed by atoms with E-state index in [1.165, 1.54) is 18.5 Å². The third-order valence-electron chi connectivity index (χ3n) is 4.84. The molecule has 156 valence electrons. The highest BCUT2D eigenvalue weighted by Gasteiger charge is 2.23. The quantitative estimate of drug-likeness (QED) is 0.364. The molecular formula is C21H22N4O5. The highest BCUT2D eigenvalue weighted by Crippen LogP contribution is 2.24. The van der Waals surface area contributed by atoms with Gasteiger partial charge in [-0.2, -0.15) is 5.10 Å². The fraction of sp³-hybridized carbons (Fsp3) is 0.286. The van der Waals surface area contributed by atoms with Crippen molar-refractivity contribution < 1.29 is 19.2 Å². The second kappa shape index (κ2) is 8.73. The van der Waals surface area contributed by atoms with Gasteiger partial charge in [-0.05, 0) is 37.1 Å². The van der Waals surface area contributed by atoms with E-state index in [1.54, 1.807) is 0 Å². The summed E-state index contributed by atoms with van der Waals surface area (Å²) in [6.07, 6.45) is 0. The molecule has 0 fully saturated rings. The molecule has 0 bridgehead atoms. The summed E-state index contributed by atoms with van der Waals surface area (Å²) in [5.74, 6) is -1.15. The van der Waals surface area contributed by atoms with Gasteiger partial charge in [0.1, 0.15) is 17.9 Å². The van der Waals surface area contributed by atoms with Crippen LogP contribution in [0, 0.1) is 24.0 Å². The standard InChI is InChI=1S/C21H22N4O5/c1-13(17-10-6-8-16-7-4-5-9-18(16)17)22-19(26)12-30-20(27)11-24-15(3)21(25(28)29)14(2)23-24/h4-10,13H,11-12H2,1-3H3,(H,22,26)/t13-/m0/s1. The number of carbonyl (C=O) groups excluding carboxylic acids is 2. The monoisotopic (exact) mass is 410 g/mol. The lowest BCUT2D eigenvalue weighted by molar-refractivity contribution is -0.386. The van der Waals surface area contributed by atoms with Gasteiger partial charge in [-0.1, -0.05) is 42.5 Å². The Morgan fingerprint density at radius 3 is 2.60 bits per heavy atom. The van der Waals surface area contributed by atoms with E-state index in [0.717, 1.165) is 16.3 Å². The smallest absolute Gasteiger partial charge is 0.328 e. The van der Waals surface area contributed by atoms with Gasteiger partial charge >= 0.3 is 11.7 Å². The van der Waals surface area contributed by atoms with E-state index in [-0.39, 0.29) is 29.7 Å². The number of nitro groups is 1. The second-order valence-corrected chi connectivity index (χ2v) is 6.95. The van der Waals surface area contributed by atoms with Gasteiger partial charge < -0.3 is 10.1 Å². The van der Waals surface area contributed by atoms with Crippen LogP contribution in [0.4, 0.5) is 5.69 Å². The van der Waals surface area contributed by atoms with Crippen molar-refractivity contribution in [2.45, 2.75) is 33.4 Å². The number of esters is 1. The van der Waals surface area contributed by atoms with E-state index in [9.17, 15) is 19.7 Å². The normalized spacial score (nSPS) is 11.8. The molecule has 2 aromatic carbocycles. The topological polar surface area (TPSA) is 116 Å².